The van der Waals surface area contributed by atoms with Gasteiger partial charge in [-0.05, 0) is 19.4 Å². The fraction of sp³-hybridized carbons (Fsp3) is 0.632. The first kappa shape index (κ1) is 21.4. The Kier molecular flexibility index (Phi) is 8.35. The lowest BCUT2D eigenvalue weighted by atomic mass is 9.90. The highest BCUT2D eigenvalue weighted by Gasteiger charge is 2.28. The van der Waals surface area contributed by atoms with Gasteiger partial charge in [0.1, 0.15) is 11.9 Å². The van der Waals surface area contributed by atoms with Crippen LogP contribution in [0.1, 0.15) is 40.5 Å². The number of aliphatic hydroxyl groups excluding tert-OH is 4. The van der Waals surface area contributed by atoms with Crippen molar-refractivity contribution in [1.82, 2.24) is 0 Å². The first-order valence-corrected chi connectivity index (χ1v) is 8.61. The van der Waals surface area contributed by atoms with E-state index in [1.54, 1.807) is 19.1 Å². The largest absolute Gasteiger partial charge is 0.512 e. The smallest absolute Gasteiger partial charge is 0.334 e. The molecule has 0 unspecified atom stereocenters. The van der Waals surface area contributed by atoms with Gasteiger partial charge in [-0.1, -0.05) is 32.1 Å². The molecule has 1 heterocycles. The number of carbonyl (C=O) groups is 1. The number of aliphatic hydroxyl groups is 4. The molecule has 142 valence electrons. The molecule has 1 rings (SSSR count). The van der Waals surface area contributed by atoms with Gasteiger partial charge in [-0.2, -0.15) is 0 Å². The van der Waals surface area contributed by atoms with Crippen LogP contribution in [0.2, 0.25) is 0 Å². The topological polar surface area (TPSA) is 107 Å². The van der Waals surface area contributed by atoms with E-state index in [9.17, 15) is 25.2 Å². The molecule has 0 saturated heterocycles. The number of ether oxygens (including phenoxy) is 1. The minimum Gasteiger partial charge on any atom is -0.512 e. The average molecular weight is 354 g/mol. The maximum absolute atomic E-state index is 11.3. The molecule has 1 aliphatic heterocycles. The van der Waals surface area contributed by atoms with Crippen LogP contribution in [-0.4, -0.2) is 50.8 Å². The van der Waals surface area contributed by atoms with E-state index in [4.69, 9.17) is 4.74 Å². The molecule has 4 N–H and O–H groups in total. The van der Waals surface area contributed by atoms with Crippen LogP contribution in [0.15, 0.2) is 35.6 Å². The Balaban J connectivity index is 2.57. The molecule has 25 heavy (non-hydrogen) atoms. The summed E-state index contributed by atoms with van der Waals surface area (Å²) < 4.78 is 5.05. The molecule has 0 fully saturated rings. The zero-order chi connectivity index (χ0) is 19.1. The molecule has 0 aliphatic carbocycles. The number of cyclic esters (lactones) is 1. The first-order chi connectivity index (χ1) is 11.6. The van der Waals surface area contributed by atoms with Crippen molar-refractivity contribution >= 4 is 5.97 Å². The molecule has 0 amide bonds. The summed E-state index contributed by atoms with van der Waals surface area (Å²) in [4.78, 5) is 11.3. The Morgan fingerprint density at radius 2 is 1.96 bits per heavy atom. The Morgan fingerprint density at radius 3 is 2.52 bits per heavy atom. The van der Waals surface area contributed by atoms with Crippen molar-refractivity contribution in [2.24, 2.45) is 11.8 Å². The zero-order valence-electron chi connectivity index (χ0n) is 15.3. The van der Waals surface area contributed by atoms with Crippen molar-refractivity contribution in [3.8, 4) is 0 Å². The molecular formula is C19H30O6. The summed E-state index contributed by atoms with van der Waals surface area (Å²) in [5.74, 6) is -1.35. The highest BCUT2D eigenvalue weighted by Crippen LogP contribution is 2.23. The third-order valence-corrected chi connectivity index (χ3v) is 4.69. The SMILES string of the molecule is C/C=C(\C)[C@@H](O)[C@@H](C)/C=C/[C@H](O)[C@H](C)[C@H](O)C[C@@H]1CC(O)=CC(=O)O1. The Morgan fingerprint density at radius 1 is 1.32 bits per heavy atom. The maximum Gasteiger partial charge on any atom is 0.334 e. The first-order valence-electron chi connectivity index (χ1n) is 8.61. The zero-order valence-corrected chi connectivity index (χ0v) is 15.3. The van der Waals surface area contributed by atoms with Crippen LogP contribution in [0.3, 0.4) is 0 Å². The van der Waals surface area contributed by atoms with Crippen molar-refractivity contribution in [2.75, 3.05) is 0 Å². The van der Waals surface area contributed by atoms with E-state index >= 15 is 0 Å². The average Bonchev–Trinajstić information content (AvgIpc) is 2.56. The third-order valence-electron chi connectivity index (χ3n) is 4.69. The number of hydrogen-bond donors (Lipinski definition) is 4. The summed E-state index contributed by atoms with van der Waals surface area (Å²) in [5.41, 5.74) is 0.853. The van der Waals surface area contributed by atoms with Crippen molar-refractivity contribution in [2.45, 2.75) is 65.0 Å². The molecule has 0 aromatic rings. The monoisotopic (exact) mass is 354 g/mol. The van der Waals surface area contributed by atoms with E-state index in [0.29, 0.717) is 0 Å². The van der Waals surface area contributed by atoms with Crippen LogP contribution in [-0.2, 0) is 9.53 Å². The van der Waals surface area contributed by atoms with E-state index in [2.05, 4.69) is 0 Å². The normalized spacial score (nSPS) is 25.1. The molecule has 0 radical (unpaired) electrons. The van der Waals surface area contributed by atoms with Gasteiger partial charge in [0.2, 0.25) is 0 Å². The van der Waals surface area contributed by atoms with Crippen molar-refractivity contribution in [3.05, 3.63) is 35.6 Å². The molecule has 0 aromatic heterocycles. The van der Waals surface area contributed by atoms with Crippen LogP contribution in [0.5, 0.6) is 0 Å². The second-order valence-corrected chi connectivity index (χ2v) is 6.77. The van der Waals surface area contributed by atoms with Gasteiger partial charge < -0.3 is 25.2 Å². The summed E-state index contributed by atoms with van der Waals surface area (Å²) >= 11 is 0. The Labute approximate surface area is 149 Å². The van der Waals surface area contributed by atoms with Gasteiger partial charge in [-0.15, -0.1) is 0 Å². The summed E-state index contributed by atoms with van der Waals surface area (Å²) in [6.07, 6.45) is 3.40. The summed E-state index contributed by atoms with van der Waals surface area (Å²) in [7, 11) is 0. The molecule has 6 nitrogen and oxygen atoms in total. The lowest BCUT2D eigenvalue weighted by Gasteiger charge is -2.27. The van der Waals surface area contributed by atoms with E-state index in [-0.39, 0.29) is 24.5 Å². The van der Waals surface area contributed by atoms with E-state index in [1.165, 1.54) is 0 Å². The minimum absolute atomic E-state index is 0.0660. The van der Waals surface area contributed by atoms with E-state index in [1.807, 2.05) is 26.8 Å². The molecule has 0 saturated carbocycles. The van der Waals surface area contributed by atoms with E-state index < -0.39 is 36.3 Å². The second kappa shape index (κ2) is 9.75. The van der Waals surface area contributed by atoms with Gasteiger partial charge in [0, 0.05) is 24.7 Å². The van der Waals surface area contributed by atoms with Crippen molar-refractivity contribution in [3.63, 3.8) is 0 Å². The predicted molar refractivity (Wildman–Crippen MR) is 94.7 cm³/mol. The standard InChI is InChI=1S/C19H30O6/c1-5-11(2)19(24)12(3)6-7-16(21)13(4)17(22)10-15-8-14(20)9-18(23)25-15/h5-7,9,12-13,15-17,19-22,24H,8,10H2,1-4H3/b7-6+,11-5+/t12-,13-,15-,16-,17+,19+/m0/s1. The van der Waals surface area contributed by atoms with Gasteiger partial charge in [0.25, 0.3) is 0 Å². The second-order valence-electron chi connectivity index (χ2n) is 6.77. The number of rotatable bonds is 8. The van der Waals surface area contributed by atoms with Gasteiger partial charge in [0.05, 0.1) is 24.4 Å². The molecule has 0 aromatic carbocycles. The number of hydrogen-bond acceptors (Lipinski definition) is 6. The number of esters is 1. The van der Waals surface area contributed by atoms with Crippen LogP contribution in [0.4, 0.5) is 0 Å². The van der Waals surface area contributed by atoms with Gasteiger partial charge in [0.15, 0.2) is 0 Å². The number of allylic oxidation sites excluding steroid dienone is 1. The lowest BCUT2D eigenvalue weighted by Crippen LogP contribution is -2.34. The Bertz CT molecular complexity index is 536. The fourth-order valence-corrected chi connectivity index (χ4v) is 2.67. The van der Waals surface area contributed by atoms with Crippen molar-refractivity contribution < 1.29 is 30.0 Å². The van der Waals surface area contributed by atoms with E-state index in [0.717, 1.165) is 11.6 Å². The molecule has 6 atom stereocenters. The highest BCUT2D eigenvalue weighted by atomic mass is 16.5. The van der Waals surface area contributed by atoms with Gasteiger partial charge in [-0.25, -0.2) is 4.79 Å². The number of carbonyl (C=O) groups excluding carboxylic acids is 1. The predicted octanol–water partition coefficient (Wildman–Crippen LogP) is 2.01. The molecule has 0 bridgehead atoms. The van der Waals surface area contributed by atoms with Crippen LogP contribution in [0, 0.1) is 11.8 Å². The molecule has 0 spiro atoms. The van der Waals surface area contributed by atoms with Crippen LogP contribution >= 0.6 is 0 Å². The third kappa shape index (κ3) is 6.65. The summed E-state index contributed by atoms with van der Waals surface area (Å²) in [6.45, 7) is 7.23. The van der Waals surface area contributed by atoms with Crippen LogP contribution < -0.4 is 0 Å². The van der Waals surface area contributed by atoms with Crippen molar-refractivity contribution in [1.29, 1.82) is 0 Å². The minimum atomic E-state index is -0.904. The molecule has 6 heteroatoms. The van der Waals surface area contributed by atoms with Gasteiger partial charge >= 0.3 is 5.97 Å². The maximum atomic E-state index is 11.3. The molecule has 1 aliphatic rings. The van der Waals surface area contributed by atoms with Crippen LogP contribution in [0.25, 0.3) is 0 Å². The quantitative estimate of drug-likeness (QED) is 0.392. The lowest BCUT2D eigenvalue weighted by molar-refractivity contribution is -0.147. The molecular weight excluding hydrogens is 324 g/mol. The fourth-order valence-electron chi connectivity index (χ4n) is 2.67. The Hall–Kier alpha value is -1.63. The van der Waals surface area contributed by atoms with Gasteiger partial charge in [-0.3, -0.25) is 0 Å². The summed E-state index contributed by atoms with van der Waals surface area (Å²) in [5, 5.41) is 40.1. The highest BCUT2D eigenvalue weighted by molar-refractivity contribution is 5.83. The summed E-state index contributed by atoms with van der Waals surface area (Å²) in [6, 6.07) is 0.